The Kier molecular flexibility index (Phi) is 13.8. The van der Waals surface area contributed by atoms with Gasteiger partial charge in [0.25, 0.3) is 0 Å². The molecule has 0 spiro atoms. The van der Waals surface area contributed by atoms with Gasteiger partial charge in [0.2, 0.25) is 0 Å². The van der Waals surface area contributed by atoms with E-state index in [0.717, 1.165) is 62.0 Å². The number of rotatable bonds is 16. The highest BCUT2D eigenvalue weighted by atomic mass is 16.5. The molecule has 2 aromatic rings. The van der Waals surface area contributed by atoms with Crippen LogP contribution in [0.1, 0.15) is 114 Å². The second-order valence-corrected chi connectivity index (χ2v) is 11.6. The second-order valence-electron chi connectivity index (χ2n) is 11.6. The highest BCUT2D eigenvalue weighted by molar-refractivity contribution is 5.87. The van der Waals surface area contributed by atoms with E-state index in [4.69, 9.17) is 20.9 Å². The Morgan fingerprint density at radius 3 is 2.20 bits per heavy atom. The van der Waals surface area contributed by atoms with E-state index in [9.17, 15) is 9.59 Å². The molecule has 1 fully saturated rings. The van der Waals surface area contributed by atoms with E-state index < -0.39 is 5.97 Å². The second kappa shape index (κ2) is 17.5. The molecule has 1 atom stereocenters. The zero-order valence-corrected chi connectivity index (χ0v) is 25.1. The van der Waals surface area contributed by atoms with Crippen molar-refractivity contribution in [2.45, 2.75) is 103 Å². The smallest absolute Gasteiger partial charge is 0.330 e. The Morgan fingerprint density at radius 2 is 1.54 bits per heavy atom. The van der Waals surface area contributed by atoms with E-state index >= 15 is 0 Å². The minimum Gasteiger partial charge on any atom is -0.462 e. The molecule has 3 rings (SSSR count). The fraction of sp³-hybridized carbons (Fsp3) is 0.543. The molecule has 0 radical (unpaired) electrons. The molecule has 0 saturated heterocycles. The van der Waals surface area contributed by atoms with Crippen molar-refractivity contribution >= 4 is 29.4 Å². The molecule has 1 aliphatic carbocycles. The van der Waals surface area contributed by atoms with Gasteiger partial charge in [-0.2, -0.15) is 0 Å². The van der Waals surface area contributed by atoms with Gasteiger partial charge in [-0.25, -0.2) is 4.79 Å². The highest BCUT2D eigenvalue weighted by Crippen LogP contribution is 2.33. The fourth-order valence-corrected chi connectivity index (χ4v) is 5.70. The van der Waals surface area contributed by atoms with Gasteiger partial charge in [0.15, 0.2) is 0 Å². The lowest BCUT2D eigenvalue weighted by molar-refractivity contribution is -0.140. The summed E-state index contributed by atoms with van der Waals surface area (Å²) in [6.45, 7) is 4.65. The maximum atomic E-state index is 12.7. The van der Waals surface area contributed by atoms with Gasteiger partial charge in [0.05, 0.1) is 12.5 Å². The van der Waals surface area contributed by atoms with E-state index in [1.54, 1.807) is 24.3 Å². The number of unbranched alkanes of at least 4 members (excludes halogenated alkanes) is 5. The lowest BCUT2D eigenvalue weighted by Gasteiger charge is -2.27. The topological polar surface area (TPSA) is 105 Å². The van der Waals surface area contributed by atoms with Gasteiger partial charge in [-0.1, -0.05) is 77.3 Å². The molecule has 6 nitrogen and oxygen atoms in total. The van der Waals surface area contributed by atoms with Crippen LogP contribution in [0.2, 0.25) is 0 Å². The average Bonchev–Trinajstić information content (AvgIpc) is 2.96. The first-order valence-corrected chi connectivity index (χ1v) is 15.7. The lowest BCUT2D eigenvalue weighted by atomic mass is 9.80. The number of benzene rings is 2. The van der Waals surface area contributed by atoms with Crippen LogP contribution < -0.4 is 16.2 Å². The van der Waals surface area contributed by atoms with Gasteiger partial charge in [0, 0.05) is 23.4 Å². The monoisotopic (exact) mass is 562 g/mol. The van der Waals surface area contributed by atoms with Gasteiger partial charge in [-0.15, -0.1) is 0 Å². The molecule has 0 heterocycles. The first-order valence-electron chi connectivity index (χ1n) is 15.7. The summed E-state index contributed by atoms with van der Waals surface area (Å²) in [4.78, 5) is 25.2. The third-order valence-electron chi connectivity index (χ3n) is 8.21. The lowest BCUT2D eigenvalue weighted by Crippen LogP contribution is -2.25. The van der Waals surface area contributed by atoms with Gasteiger partial charge >= 0.3 is 11.9 Å². The fourth-order valence-electron chi connectivity index (χ4n) is 5.70. The van der Waals surface area contributed by atoms with Crippen molar-refractivity contribution in [3.05, 3.63) is 59.7 Å². The van der Waals surface area contributed by atoms with Gasteiger partial charge in [-0.05, 0) is 85.6 Å². The van der Waals surface area contributed by atoms with Gasteiger partial charge in [-0.3, -0.25) is 4.79 Å². The molecule has 6 heteroatoms. The Hall–Kier alpha value is -3.28. The number of hydrogen-bond donors (Lipinski definition) is 2. The van der Waals surface area contributed by atoms with Crippen LogP contribution in [0.25, 0.3) is 6.08 Å². The Morgan fingerprint density at radius 1 is 0.878 bits per heavy atom. The minimum atomic E-state index is -0.407. The molecule has 2 aromatic carbocycles. The van der Waals surface area contributed by atoms with Gasteiger partial charge < -0.3 is 20.9 Å². The number of nitrogens with two attached hydrogens (primary N) is 2. The number of carbonyl (C=O) groups is 2. The molecule has 1 saturated carbocycles. The summed E-state index contributed by atoms with van der Waals surface area (Å²) in [5.41, 5.74) is 15.0. The van der Waals surface area contributed by atoms with Crippen LogP contribution in [0, 0.1) is 11.8 Å². The molecule has 0 aromatic heterocycles. The Balaban J connectivity index is 1.42. The number of carbonyl (C=O) groups excluding carboxylic acids is 2. The molecule has 41 heavy (non-hydrogen) atoms. The largest absolute Gasteiger partial charge is 0.462 e. The van der Waals surface area contributed by atoms with Crippen LogP contribution in [-0.4, -0.2) is 18.5 Å². The normalized spacial score (nSPS) is 17.8. The van der Waals surface area contributed by atoms with Crippen LogP contribution in [0.4, 0.5) is 11.4 Å². The van der Waals surface area contributed by atoms with Crippen LogP contribution in [0.5, 0.6) is 5.75 Å². The van der Waals surface area contributed by atoms with Crippen molar-refractivity contribution in [2.75, 3.05) is 18.1 Å². The Labute approximate surface area is 246 Å². The van der Waals surface area contributed by atoms with Crippen molar-refractivity contribution in [1.82, 2.24) is 0 Å². The van der Waals surface area contributed by atoms with Crippen LogP contribution in [0.15, 0.2) is 48.5 Å². The molecule has 0 bridgehead atoms. The molecule has 224 valence electrons. The molecule has 1 unspecified atom stereocenters. The highest BCUT2D eigenvalue weighted by Gasteiger charge is 2.27. The molecule has 0 aliphatic heterocycles. The van der Waals surface area contributed by atoms with Crippen molar-refractivity contribution < 1.29 is 19.1 Å². The minimum absolute atomic E-state index is 0.00870. The summed E-state index contributed by atoms with van der Waals surface area (Å²) in [5, 5.41) is 0. The Bertz CT molecular complexity index is 1080. The van der Waals surface area contributed by atoms with E-state index in [2.05, 4.69) is 13.8 Å². The first kappa shape index (κ1) is 32.2. The van der Waals surface area contributed by atoms with Crippen LogP contribution in [0.3, 0.4) is 0 Å². The van der Waals surface area contributed by atoms with E-state index in [1.807, 2.05) is 24.3 Å². The third-order valence-corrected chi connectivity index (χ3v) is 8.21. The maximum absolute atomic E-state index is 12.7. The predicted octanol–water partition coefficient (Wildman–Crippen LogP) is 8.45. The number of nitrogen functional groups attached to an aromatic ring is 2. The first-order chi connectivity index (χ1) is 19.9. The van der Waals surface area contributed by atoms with E-state index in [1.165, 1.54) is 44.6 Å². The van der Waals surface area contributed by atoms with Crippen molar-refractivity contribution in [2.24, 2.45) is 11.8 Å². The third kappa shape index (κ3) is 11.6. The number of hydrogen-bond acceptors (Lipinski definition) is 6. The summed E-state index contributed by atoms with van der Waals surface area (Å²) < 4.78 is 11.2. The summed E-state index contributed by atoms with van der Waals surface area (Å²) in [6.07, 6.45) is 18.1. The maximum Gasteiger partial charge on any atom is 0.330 e. The predicted molar refractivity (Wildman–Crippen MR) is 168 cm³/mol. The summed E-state index contributed by atoms with van der Waals surface area (Å²) in [6, 6.07) is 12.7. The van der Waals surface area contributed by atoms with Crippen LogP contribution in [-0.2, 0) is 14.3 Å². The summed E-state index contributed by atoms with van der Waals surface area (Å²) in [7, 11) is 0. The quantitative estimate of drug-likeness (QED) is 0.0699. The summed E-state index contributed by atoms with van der Waals surface area (Å²) >= 11 is 0. The van der Waals surface area contributed by atoms with Crippen molar-refractivity contribution in [3.63, 3.8) is 0 Å². The number of esters is 2. The molecular weight excluding hydrogens is 512 g/mol. The van der Waals surface area contributed by atoms with E-state index in [-0.39, 0.29) is 24.4 Å². The zero-order valence-electron chi connectivity index (χ0n) is 25.1. The summed E-state index contributed by atoms with van der Waals surface area (Å²) in [5.74, 6) is 0.793. The molecule has 4 N–H and O–H groups in total. The van der Waals surface area contributed by atoms with Crippen molar-refractivity contribution in [3.8, 4) is 5.75 Å². The zero-order chi connectivity index (χ0) is 29.5. The van der Waals surface area contributed by atoms with Crippen LogP contribution >= 0.6 is 0 Å². The van der Waals surface area contributed by atoms with E-state index in [0.29, 0.717) is 17.1 Å². The average molecular weight is 563 g/mol. The molecule has 0 amide bonds. The molecule has 1 aliphatic rings. The van der Waals surface area contributed by atoms with Gasteiger partial charge in [0.1, 0.15) is 5.75 Å². The number of ether oxygens (including phenoxy) is 2. The van der Waals surface area contributed by atoms with Crippen molar-refractivity contribution in [1.29, 1.82) is 0 Å². The standard InChI is InChI=1S/C35H50N2O4/c1-3-5-7-8-9-10-26-12-17-28(18-13-26)35(39)41-33-19-14-27(15-20-33)16-21-34(38)40-25-29(11-6-4-2)30-22-31(36)24-32(37)23-30/h14-16,19-24,26,28-29H,3-13,17-18,25,36-37H2,1-2H3. The molecular formula is C35H50N2O4. The number of anilines is 2. The SMILES string of the molecule is CCCCCCCC1CCC(C(=O)Oc2ccc(C=CC(=O)OCC(CCCC)c3cc(N)cc(N)c3)cc2)CC1.